The van der Waals surface area contributed by atoms with Crippen LogP contribution in [0.4, 0.5) is 0 Å². The Balaban J connectivity index is 2.60. The van der Waals surface area contributed by atoms with Gasteiger partial charge in [0.05, 0.1) is 18.1 Å². The Bertz CT molecular complexity index is 651. The normalized spacial score (nSPS) is 23.4. The van der Waals surface area contributed by atoms with Crippen LogP contribution in [0.5, 0.6) is 0 Å². The van der Waals surface area contributed by atoms with Gasteiger partial charge in [-0.05, 0) is 37.6 Å². The molecule has 0 aromatic rings. The predicted octanol–water partition coefficient (Wildman–Crippen LogP) is 0.949. The summed E-state index contributed by atoms with van der Waals surface area (Å²) in [7, 11) is 1.68. The minimum Gasteiger partial charge on any atom is -0.389 e. The number of nitrogens with two attached hydrogens (primary N) is 1. The summed E-state index contributed by atoms with van der Waals surface area (Å²) in [6, 6.07) is -0.729. The van der Waals surface area contributed by atoms with Crippen molar-refractivity contribution in [1.82, 2.24) is 10.2 Å². The van der Waals surface area contributed by atoms with E-state index in [2.05, 4.69) is 5.32 Å². The number of allylic oxidation sites excluding steroid dienone is 1. The van der Waals surface area contributed by atoms with Gasteiger partial charge >= 0.3 is 0 Å². The fourth-order valence-electron chi connectivity index (χ4n) is 3.81. The van der Waals surface area contributed by atoms with E-state index in [1.54, 1.807) is 18.0 Å². The van der Waals surface area contributed by atoms with Gasteiger partial charge in [-0.25, -0.2) is 0 Å². The average Bonchev–Trinajstić information content (AvgIpc) is 2.91. The number of amides is 2. The SMILES string of the molecule is C[C@@H](C(=O)NC1CC[C@@H](OCCCCCCN)CN(C)C1=O)[C@H](O)C(O)[C@H](O)/C=C/C(C)(C)C. The highest BCUT2D eigenvalue weighted by Gasteiger charge is 2.35. The van der Waals surface area contributed by atoms with Crippen molar-refractivity contribution >= 4 is 11.8 Å². The van der Waals surface area contributed by atoms with Gasteiger partial charge in [0.25, 0.3) is 0 Å². The number of nitrogens with one attached hydrogen (secondary N) is 1. The Labute approximate surface area is 204 Å². The van der Waals surface area contributed by atoms with E-state index in [0.717, 1.165) is 25.7 Å². The second-order valence-electron chi connectivity index (χ2n) is 10.5. The Morgan fingerprint density at radius 3 is 2.44 bits per heavy atom. The van der Waals surface area contributed by atoms with Crippen molar-refractivity contribution in [3.05, 3.63) is 12.2 Å². The summed E-state index contributed by atoms with van der Waals surface area (Å²) >= 11 is 0. The molecular formula is C25H47N3O6. The first kappa shape index (κ1) is 30.5. The molecule has 1 fully saturated rings. The molecule has 1 saturated heterocycles. The van der Waals surface area contributed by atoms with Crippen molar-refractivity contribution < 1.29 is 29.6 Å². The van der Waals surface area contributed by atoms with Crippen LogP contribution in [0.1, 0.15) is 66.2 Å². The van der Waals surface area contributed by atoms with Crippen LogP contribution < -0.4 is 11.1 Å². The van der Waals surface area contributed by atoms with E-state index in [1.165, 1.54) is 13.0 Å². The molecule has 0 radical (unpaired) electrons. The number of hydrogen-bond acceptors (Lipinski definition) is 7. The fourth-order valence-corrected chi connectivity index (χ4v) is 3.81. The maximum Gasteiger partial charge on any atom is 0.244 e. The molecule has 6 N–H and O–H groups in total. The Kier molecular flexibility index (Phi) is 13.3. The number of hydrogen-bond donors (Lipinski definition) is 5. The third kappa shape index (κ3) is 10.8. The van der Waals surface area contributed by atoms with Gasteiger partial charge < -0.3 is 36.0 Å². The second kappa shape index (κ2) is 14.8. The van der Waals surface area contributed by atoms with Crippen molar-refractivity contribution in [1.29, 1.82) is 0 Å². The number of nitrogens with zero attached hydrogens (tertiary/aromatic N) is 1. The van der Waals surface area contributed by atoms with E-state index in [1.807, 2.05) is 20.8 Å². The molecule has 198 valence electrons. The summed E-state index contributed by atoms with van der Waals surface area (Å²) in [5.41, 5.74) is 5.30. The molecule has 9 nitrogen and oxygen atoms in total. The lowest BCUT2D eigenvalue weighted by atomic mass is 9.92. The molecule has 1 aliphatic heterocycles. The van der Waals surface area contributed by atoms with E-state index in [4.69, 9.17) is 10.5 Å². The Hall–Kier alpha value is -1.52. The summed E-state index contributed by atoms with van der Waals surface area (Å²) < 4.78 is 5.96. The van der Waals surface area contributed by atoms with Crippen LogP contribution in [0, 0.1) is 11.3 Å². The molecule has 34 heavy (non-hydrogen) atoms. The third-order valence-corrected chi connectivity index (χ3v) is 6.12. The fraction of sp³-hybridized carbons (Fsp3) is 0.840. The smallest absolute Gasteiger partial charge is 0.244 e. The van der Waals surface area contributed by atoms with Gasteiger partial charge in [-0.2, -0.15) is 0 Å². The lowest BCUT2D eigenvalue weighted by Gasteiger charge is -2.28. The molecule has 0 aliphatic carbocycles. The van der Waals surface area contributed by atoms with Crippen LogP contribution in [-0.2, 0) is 14.3 Å². The molecular weight excluding hydrogens is 438 g/mol. The van der Waals surface area contributed by atoms with Gasteiger partial charge in [0, 0.05) is 20.2 Å². The maximum atomic E-state index is 12.8. The van der Waals surface area contributed by atoms with Crippen LogP contribution in [0.3, 0.4) is 0 Å². The van der Waals surface area contributed by atoms with Gasteiger partial charge in [0.1, 0.15) is 18.2 Å². The summed E-state index contributed by atoms with van der Waals surface area (Å²) in [6.07, 6.45) is 3.86. The Morgan fingerprint density at radius 1 is 1.18 bits per heavy atom. The van der Waals surface area contributed by atoms with Crippen molar-refractivity contribution in [2.24, 2.45) is 17.1 Å². The lowest BCUT2D eigenvalue weighted by molar-refractivity contribution is -0.140. The van der Waals surface area contributed by atoms with Gasteiger partial charge in [-0.3, -0.25) is 9.59 Å². The second-order valence-corrected chi connectivity index (χ2v) is 10.5. The number of likely N-dealkylation sites (tertiary alicyclic amines) is 1. The first-order valence-electron chi connectivity index (χ1n) is 12.5. The maximum absolute atomic E-state index is 12.8. The van der Waals surface area contributed by atoms with Gasteiger partial charge in [0.15, 0.2) is 0 Å². The summed E-state index contributed by atoms with van der Waals surface area (Å²) in [5, 5.41) is 33.6. The first-order chi connectivity index (χ1) is 15.9. The topological polar surface area (TPSA) is 145 Å². The Morgan fingerprint density at radius 2 is 1.82 bits per heavy atom. The first-order valence-corrected chi connectivity index (χ1v) is 12.5. The zero-order valence-electron chi connectivity index (χ0n) is 21.6. The standard InChI is InChI=1S/C25H47N3O6/c1-17(21(30)22(31)20(29)12-13-25(2,3)4)23(32)27-19-11-10-18(16-28(5)24(19)33)34-15-9-7-6-8-14-26/h12-13,17-22,29-31H,6-11,14-16,26H2,1-5H3,(H,27,32)/b13-12+/t17-,18-,19?,20-,21+,22?/m1/s1. The van der Waals surface area contributed by atoms with Gasteiger partial charge in [-0.15, -0.1) is 0 Å². The van der Waals surface area contributed by atoms with Crippen LogP contribution in [0.25, 0.3) is 0 Å². The highest BCUT2D eigenvalue weighted by atomic mass is 16.5. The summed E-state index contributed by atoms with van der Waals surface area (Å²) in [4.78, 5) is 27.1. The van der Waals surface area contributed by atoms with Gasteiger partial charge in [-0.1, -0.05) is 52.7 Å². The number of unbranched alkanes of at least 4 members (excludes halogenated alkanes) is 3. The number of carbonyl (C=O) groups excluding carboxylic acids is 2. The molecule has 1 aliphatic rings. The summed E-state index contributed by atoms with van der Waals surface area (Å²) in [5.74, 6) is -1.78. The number of aliphatic hydroxyl groups is 3. The molecule has 0 aromatic carbocycles. The van der Waals surface area contributed by atoms with E-state index < -0.39 is 36.2 Å². The molecule has 0 bridgehead atoms. The van der Waals surface area contributed by atoms with E-state index in [9.17, 15) is 24.9 Å². The zero-order chi connectivity index (χ0) is 25.9. The number of rotatable bonds is 13. The third-order valence-electron chi connectivity index (χ3n) is 6.12. The molecule has 6 atom stereocenters. The van der Waals surface area contributed by atoms with Crippen molar-refractivity contribution in [3.8, 4) is 0 Å². The zero-order valence-corrected chi connectivity index (χ0v) is 21.6. The van der Waals surface area contributed by atoms with E-state index >= 15 is 0 Å². The van der Waals surface area contributed by atoms with Crippen molar-refractivity contribution in [3.63, 3.8) is 0 Å². The molecule has 0 spiro atoms. The number of ether oxygens (including phenoxy) is 1. The molecule has 1 rings (SSSR count). The van der Waals surface area contributed by atoms with E-state index in [0.29, 0.717) is 32.5 Å². The van der Waals surface area contributed by atoms with Crippen molar-refractivity contribution in [2.45, 2.75) is 96.7 Å². The highest BCUT2D eigenvalue weighted by Crippen LogP contribution is 2.19. The predicted molar refractivity (Wildman–Crippen MR) is 132 cm³/mol. The van der Waals surface area contributed by atoms with E-state index in [-0.39, 0.29) is 17.4 Å². The largest absolute Gasteiger partial charge is 0.389 e. The minimum atomic E-state index is -1.53. The molecule has 2 amide bonds. The summed E-state index contributed by atoms with van der Waals surface area (Å²) in [6.45, 7) is 9.06. The van der Waals surface area contributed by atoms with Gasteiger partial charge in [0.2, 0.25) is 11.8 Å². The van der Waals surface area contributed by atoms with Crippen LogP contribution in [0.2, 0.25) is 0 Å². The minimum absolute atomic E-state index is 0.0973. The molecule has 2 unspecified atom stereocenters. The monoisotopic (exact) mass is 485 g/mol. The van der Waals surface area contributed by atoms with Crippen LogP contribution in [0.15, 0.2) is 12.2 Å². The molecule has 0 saturated carbocycles. The molecule has 0 aromatic heterocycles. The van der Waals surface area contributed by atoms with Crippen molar-refractivity contribution in [2.75, 3.05) is 26.7 Å². The molecule has 9 heteroatoms. The molecule has 1 heterocycles. The quantitative estimate of drug-likeness (QED) is 0.193. The number of aliphatic hydroxyl groups excluding tert-OH is 3. The van der Waals surface area contributed by atoms with Crippen LogP contribution >= 0.6 is 0 Å². The average molecular weight is 486 g/mol. The number of likely N-dealkylation sites (N-methyl/N-ethyl adjacent to an activating group) is 1. The highest BCUT2D eigenvalue weighted by molar-refractivity contribution is 5.88. The van der Waals surface area contributed by atoms with Crippen LogP contribution in [-0.4, -0.2) is 89.2 Å². The lowest BCUT2D eigenvalue weighted by Crippen LogP contribution is -2.51. The number of carbonyl (C=O) groups is 2.